The molecule has 1 aromatic heterocycles. The van der Waals surface area contributed by atoms with Crippen LogP contribution >= 0.6 is 11.3 Å². The Morgan fingerprint density at radius 2 is 2.18 bits per heavy atom. The van der Waals surface area contributed by atoms with Gasteiger partial charge in [0.25, 0.3) is 0 Å². The molecular formula is C12H20N2O2S. The molecule has 0 spiro atoms. The van der Waals surface area contributed by atoms with E-state index in [1.165, 1.54) is 16.2 Å². The minimum absolute atomic E-state index is 0.0823. The summed E-state index contributed by atoms with van der Waals surface area (Å²) in [5.41, 5.74) is 0. The molecule has 0 aliphatic carbocycles. The van der Waals surface area contributed by atoms with Crippen molar-refractivity contribution >= 4 is 22.4 Å². The predicted octanol–water partition coefficient (Wildman–Crippen LogP) is 3.18. The Morgan fingerprint density at radius 1 is 1.53 bits per heavy atom. The van der Waals surface area contributed by atoms with Gasteiger partial charge in [-0.05, 0) is 11.8 Å². The second kappa shape index (κ2) is 6.00. The molecule has 0 aliphatic heterocycles. The average Bonchev–Trinajstić information content (AvgIpc) is 2.73. The lowest BCUT2D eigenvalue weighted by atomic mass is 10.00. The number of aliphatic carboxylic acids is 1. The molecule has 0 bridgehead atoms. The number of carboxylic acids is 1. The molecule has 0 aliphatic rings. The summed E-state index contributed by atoms with van der Waals surface area (Å²) in [6, 6.07) is -0.564. The maximum Gasteiger partial charge on any atom is 0.326 e. The predicted molar refractivity (Wildman–Crippen MR) is 70.7 cm³/mol. The summed E-state index contributed by atoms with van der Waals surface area (Å²) in [5.74, 6) is -0.311. The van der Waals surface area contributed by atoms with Gasteiger partial charge in [-0.1, -0.05) is 34.1 Å². The monoisotopic (exact) mass is 256 g/mol. The van der Waals surface area contributed by atoms with Crippen LogP contribution in [0.25, 0.3) is 0 Å². The summed E-state index contributed by atoms with van der Waals surface area (Å²) in [7, 11) is 0. The summed E-state index contributed by atoms with van der Waals surface area (Å²) < 4.78 is 0. The molecule has 1 rings (SSSR count). The van der Waals surface area contributed by atoms with Crippen LogP contribution in [0.3, 0.4) is 0 Å². The van der Waals surface area contributed by atoms with Crippen molar-refractivity contribution in [3.63, 3.8) is 0 Å². The van der Waals surface area contributed by atoms with Gasteiger partial charge in [0.05, 0.1) is 0 Å². The molecule has 5 heteroatoms. The Bertz CT molecular complexity index is 376. The molecule has 17 heavy (non-hydrogen) atoms. The molecule has 0 amide bonds. The van der Waals surface area contributed by atoms with Crippen molar-refractivity contribution in [3.8, 4) is 0 Å². The Kier molecular flexibility index (Phi) is 4.93. The van der Waals surface area contributed by atoms with E-state index in [2.05, 4.69) is 24.1 Å². The number of aromatic nitrogens is 1. The standard InChI is InChI=1S/C12H20N2O2S/c1-5-8(4)10(11(15)16)14-12-13-6-9(17-12)7(2)3/h6-8,10H,5H2,1-4H3,(H,13,14)(H,15,16)/t8-,10-/m0/s1. The first-order chi connectivity index (χ1) is 7.95. The second-order valence-electron chi connectivity index (χ2n) is 4.57. The molecule has 1 aromatic rings. The Hall–Kier alpha value is -1.10. The van der Waals surface area contributed by atoms with E-state index in [0.717, 1.165) is 6.42 Å². The van der Waals surface area contributed by atoms with E-state index in [1.807, 2.05) is 20.0 Å². The van der Waals surface area contributed by atoms with Gasteiger partial charge in [0, 0.05) is 11.1 Å². The molecule has 0 aromatic carbocycles. The Morgan fingerprint density at radius 3 is 2.59 bits per heavy atom. The van der Waals surface area contributed by atoms with Crippen LogP contribution in [0.1, 0.15) is 44.9 Å². The van der Waals surface area contributed by atoms with Crippen LogP contribution in [0.2, 0.25) is 0 Å². The van der Waals surface area contributed by atoms with Gasteiger partial charge in [0.1, 0.15) is 6.04 Å². The van der Waals surface area contributed by atoms with Gasteiger partial charge < -0.3 is 10.4 Å². The van der Waals surface area contributed by atoms with Gasteiger partial charge in [0.15, 0.2) is 5.13 Å². The fraction of sp³-hybridized carbons (Fsp3) is 0.667. The number of carbonyl (C=O) groups is 1. The lowest BCUT2D eigenvalue weighted by Crippen LogP contribution is -2.35. The molecule has 0 fully saturated rings. The van der Waals surface area contributed by atoms with Gasteiger partial charge in [-0.15, -0.1) is 11.3 Å². The zero-order valence-corrected chi connectivity index (χ0v) is 11.5. The highest BCUT2D eigenvalue weighted by molar-refractivity contribution is 7.15. The van der Waals surface area contributed by atoms with E-state index in [1.54, 1.807) is 0 Å². The average molecular weight is 256 g/mol. The minimum atomic E-state index is -0.819. The van der Waals surface area contributed by atoms with E-state index in [4.69, 9.17) is 5.11 Å². The fourth-order valence-electron chi connectivity index (χ4n) is 1.44. The van der Waals surface area contributed by atoms with E-state index < -0.39 is 12.0 Å². The Balaban J connectivity index is 2.75. The number of hydrogen-bond donors (Lipinski definition) is 2. The highest BCUT2D eigenvalue weighted by atomic mass is 32.1. The molecule has 0 unspecified atom stereocenters. The molecule has 1 heterocycles. The summed E-state index contributed by atoms with van der Waals surface area (Å²) >= 11 is 1.53. The molecule has 96 valence electrons. The van der Waals surface area contributed by atoms with Crippen molar-refractivity contribution in [2.45, 2.75) is 46.1 Å². The summed E-state index contributed by atoms with van der Waals surface area (Å²) in [6.07, 6.45) is 2.64. The number of nitrogens with zero attached hydrogens (tertiary/aromatic N) is 1. The first-order valence-electron chi connectivity index (χ1n) is 5.90. The Labute approximate surface area is 106 Å². The van der Waals surface area contributed by atoms with Crippen LogP contribution in [0.4, 0.5) is 5.13 Å². The molecule has 0 saturated carbocycles. The molecule has 2 atom stereocenters. The van der Waals surface area contributed by atoms with Crippen LogP contribution in [0, 0.1) is 5.92 Å². The van der Waals surface area contributed by atoms with Crippen LogP contribution in [0.5, 0.6) is 0 Å². The minimum Gasteiger partial charge on any atom is -0.480 e. The first kappa shape index (κ1) is 14.0. The SMILES string of the molecule is CC[C@H](C)[C@H](Nc1ncc(C(C)C)s1)C(=O)O. The van der Waals surface area contributed by atoms with Crippen molar-refractivity contribution in [1.29, 1.82) is 0 Å². The van der Waals surface area contributed by atoms with E-state index in [0.29, 0.717) is 11.0 Å². The van der Waals surface area contributed by atoms with Crippen LogP contribution in [0.15, 0.2) is 6.20 Å². The van der Waals surface area contributed by atoms with Gasteiger partial charge >= 0.3 is 5.97 Å². The molecule has 4 nitrogen and oxygen atoms in total. The van der Waals surface area contributed by atoms with Crippen LogP contribution in [-0.4, -0.2) is 22.1 Å². The second-order valence-corrected chi connectivity index (χ2v) is 5.63. The third kappa shape index (κ3) is 3.70. The van der Waals surface area contributed by atoms with E-state index in [9.17, 15) is 4.79 Å². The van der Waals surface area contributed by atoms with Crippen molar-refractivity contribution in [2.24, 2.45) is 5.92 Å². The van der Waals surface area contributed by atoms with Crippen molar-refractivity contribution in [2.75, 3.05) is 5.32 Å². The van der Waals surface area contributed by atoms with E-state index in [-0.39, 0.29) is 5.92 Å². The number of hydrogen-bond acceptors (Lipinski definition) is 4. The van der Waals surface area contributed by atoms with Crippen molar-refractivity contribution in [3.05, 3.63) is 11.1 Å². The van der Waals surface area contributed by atoms with Gasteiger partial charge in [-0.3, -0.25) is 0 Å². The zero-order valence-electron chi connectivity index (χ0n) is 10.7. The lowest BCUT2D eigenvalue weighted by Gasteiger charge is -2.19. The maximum atomic E-state index is 11.2. The van der Waals surface area contributed by atoms with Gasteiger partial charge in [-0.25, -0.2) is 9.78 Å². The zero-order chi connectivity index (χ0) is 13.0. The normalized spacial score (nSPS) is 14.6. The first-order valence-corrected chi connectivity index (χ1v) is 6.72. The van der Waals surface area contributed by atoms with Crippen molar-refractivity contribution in [1.82, 2.24) is 4.98 Å². The summed E-state index contributed by atoms with van der Waals surface area (Å²) in [4.78, 5) is 16.5. The molecular weight excluding hydrogens is 236 g/mol. The third-order valence-electron chi connectivity index (χ3n) is 2.85. The lowest BCUT2D eigenvalue weighted by molar-refractivity contribution is -0.139. The van der Waals surface area contributed by atoms with Crippen LogP contribution in [-0.2, 0) is 4.79 Å². The maximum absolute atomic E-state index is 11.2. The third-order valence-corrected chi connectivity index (χ3v) is 4.08. The van der Waals surface area contributed by atoms with E-state index >= 15 is 0 Å². The largest absolute Gasteiger partial charge is 0.480 e. The summed E-state index contributed by atoms with van der Waals surface area (Å²) in [5, 5.41) is 12.9. The van der Waals surface area contributed by atoms with Gasteiger partial charge in [-0.2, -0.15) is 0 Å². The number of anilines is 1. The highest BCUT2D eigenvalue weighted by Crippen LogP contribution is 2.26. The van der Waals surface area contributed by atoms with Crippen molar-refractivity contribution < 1.29 is 9.90 Å². The molecule has 0 radical (unpaired) electrons. The number of carboxylic acid groups (broad SMARTS) is 1. The highest BCUT2D eigenvalue weighted by Gasteiger charge is 2.24. The number of rotatable bonds is 6. The number of thiazole rings is 1. The van der Waals surface area contributed by atoms with Crippen LogP contribution < -0.4 is 5.32 Å². The number of nitrogens with one attached hydrogen (secondary N) is 1. The smallest absolute Gasteiger partial charge is 0.326 e. The quantitative estimate of drug-likeness (QED) is 0.820. The topological polar surface area (TPSA) is 62.2 Å². The van der Waals surface area contributed by atoms with Gasteiger partial charge in [0.2, 0.25) is 0 Å². The summed E-state index contributed by atoms with van der Waals surface area (Å²) in [6.45, 7) is 8.12. The molecule has 2 N–H and O–H groups in total. The molecule has 0 saturated heterocycles. The fourth-order valence-corrected chi connectivity index (χ4v) is 2.29.